The average molecular weight is 211 g/mol. The van der Waals surface area contributed by atoms with Gasteiger partial charge in [-0.3, -0.25) is 0 Å². The van der Waals surface area contributed by atoms with E-state index < -0.39 is 0 Å². The van der Waals surface area contributed by atoms with Crippen molar-refractivity contribution in [1.29, 1.82) is 0 Å². The molecule has 15 heavy (non-hydrogen) atoms. The van der Waals surface area contributed by atoms with Crippen molar-refractivity contribution >= 4 is 0 Å². The normalized spacial score (nSPS) is 38.4. The van der Waals surface area contributed by atoms with Crippen LogP contribution >= 0.6 is 0 Å². The molecule has 2 heterocycles. The quantitative estimate of drug-likeness (QED) is 0.695. The van der Waals surface area contributed by atoms with E-state index in [0.29, 0.717) is 16.4 Å². The van der Waals surface area contributed by atoms with Crippen LogP contribution in [0.5, 0.6) is 0 Å². The maximum atomic E-state index is 3.75. The van der Waals surface area contributed by atoms with Gasteiger partial charge in [-0.15, -0.1) is 0 Å². The van der Waals surface area contributed by atoms with Crippen LogP contribution in [0.1, 0.15) is 61.3 Å². The Morgan fingerprint density at radius 2 is 1.53 bits per heavy atom. The molecule has 1 aliphatic carbocycles. The summed E-state index contributed by atoms with van der Waals surface area (Å²) >= 11 is 0. The Hall–Kier alpha value is -0.0400. The zero-order valence-corrected chi connectivity index (χ0v) is 11.7. The van der Waals surface area contributed by atoms with E-state index in [2.05, 4.69) is 39.9 Å². The van der Waals surface area contributed by atoms with Gasteiger partial charge in [0.2, 0.25) is 0 Å². The smallest absolute Gasteiger partial charge is 0.0216 e. The average Bonchev–Trinajstić information content (AvgIpc) is 2.60. The van der Waals surface area contributed by atoms with Crippen LogP contribution in [0.25, 0.3) is 0 Å². The highest BCUT2D eigenvalue weighted by molar-refractivity contribution is 5.21. The van der Waals surface area contributed by atoms with Crippen LogP contribution in [0.15, 0.2) is 0 Å². The van der Waals surface area contributed by atoms with Crippen molar-refractivity contribution in [1.82, 2.24) is 5.32 Å². The molecule has 3 rings (SSSR count). The lowest BCUT2D eigenvalue weighted by Gasteiger charge is -2.55. The van der Waals surface area contributed by atoms with Gasteiger partial charge in [-0.05, 0) is 29.6 Å². The van der Waals surface area contributed by atoms with Crippen molar-refractivity contribution in [3.63, 3.8) is 0 Å². The third-order valence-corrected chi connectivity index (χ3v) is 4.78. The van der Waals surface area contributed by atoms with E-state index in [1.807, 2.05) is 13.8 Å². The largest absolute Gasteiger partial charge is 0.310 e. The highest BCUT2D eigenvalue weighted by Crippen LogP contribution is 2.64. The minimum absolute atomic E-state index is 0.481. The zero-order chi connectivity index (χ0) is 11.9. The molecule has 3 aliphatic rings. The fourth-order valence-corrected chi connectivity index (χ4v) is 3.16. The lowest BCUT2D eigenvalue weighted by molar-refractivity contribution is -0.0187. The summed E-state index contributed by atoms with van der Waals surface area (Å²) in [5, 5.41) is 3.75. The summed E-state index contributed by atoms with van der Waals surface area (Å²) < 4.78 is 0. The lowest BCUT2D eigenvalue weighted by atomic mass is 9.49. The number of hydrogen-bond donors (Lipinski definition) is 1. The summed E-state index contributed by atoms with van der Waals surface area (Å²) in [4.78, 5) is 0. The summed E-state index contributed by atoms with van der Waals surface area (Å²) in [5.74, 6) is 0.797. The second-order valence-electron chi connectivity index (χ2n) is 6.55. The van der Waals surface area contributed by atoms with Crippen LogP contribution < -0.4 is 5.32 Å². The Morgan fingerprint density at radius 3 is 1.73 bits per heavy atom. The molecule has 0 aromatic carbocycles. The van der Waals surface area contributed by atoms with E-state index in [1.165, 1.54) is 19.4 Å². The Balaban J connectivity index is 0.000000531. The molecular formula is C14H29N. The Bertz CT molecular complexity index is 216. The standard InChI is InChI=1S/C12H23N.C2H6/c1-9(2)12-6-11(7-12,8-13-12)10(3,4)5;1-2/h9,13H,6-8H2,1-5H3;1-2H3. The summed E-state index contributed by atoms with van der Waals surface area (Å²) in [7, 11) is 0. The molecule has 2 bridgehead atoms. The monoisotopic (exact) mass is 211 g/mol. The zero-order valence-electron chi connectivity index (χ0n) is 11.7. The maximum Gasteiger partial charge on any atom is 0.0216 e. The third kappa shape index (κ3) is 1.73. The fraction of sp³-hybridized carbons (Fsp3) is 1.00. The molecule has 0 radical (unpaired) electrons. The van der Waals surface area contributed by atoms with Crippen molar-refractivity contribution < 1.29 is 0 Å². The molecule has 0 amide bonds. The first-order chi connectivity index (χ1) is 6.81. The third-order valence-electron chi connectivity index (χ3n) is 4.78. The van der Waals surface area contributed by atoms with Gasteiger partial charge in [0, 0.05) is 12.1 Å². The van der Waals surface area contributed by atoms with E-state index in [4.69, 9.17) is 0 Å². The first-order valence-corrected chi connectivity index (χ1v) is 6.56. The van der Waals surface area contributed by atoms with Gasteiger partial charge >= 0.3 is 0 Å². The van der Waals surface area contributed by atoms with E-state index in [0.717, 1.165) is 5.92 Å². The Morgan fingerprint density at radius 1 is 1.07 bits per heavy atom. The number of hydrogen-bond acceptors (Lipinski definition) is 1. The molecule has 1 saturated carbocycles. The first kappa shape index (κ1) is 13.0. The van der Waals surface area contributed by atoms with E-state index >= 15 is 0 Å². The minimum atomic E-state index is 0.481. The van der Waals surface area contributed by atoms with Gasteiger partial charge in [-0.2, -0.15) is 0 Å². The van der Waals surface area contributed by atoms with Crippen molar-refractivity contribution in [2.24, 2.45) is 16.7 Å². The van der Waals surface area contributed by atoms with Crippen LogP contribution in [-0.4, -0.2) is 12.1 Å². The molecule has 0 aromatic rings. The summed E-state index contributed by atoms with van der Waals surface area (Å²) in [5.41, 5.74) is 1.60. The molecule has 0 unspecified atom stereocenters. The summed E-state index contributed by atoms with van der Waals surface area (Å²) in [6.45, 7) is 17.1. The van der Waals surface area contributed by atoms with Crippen LogP contribution in [-0.2, 0) is 0 Å². The van der Waals surface area contributed by atoms with Gasteiger partial charge in [0.15, 0.2) is 0 Å². The van der Waals surface area contributed by atoms with Crippen LogP contribution in [0.4, 0.5) is 0 Å². The SMILES string of the molecule is CC.CC(C)C12CC(C(C)(C)C)(CN1)C2. The van der Waals surface area contributed by atoms with Gasteiger partial charge in [0.25, 0.3) is 0 Å². The van der Waals surface area contributed by atoms with Gasteiger partial charge in [-0.25, -0.2) is 0 Å². The second kappa shape index (κ2) is 3.76. The van der Waals surface area contributed by atoms with E-state index in [9.17, 15) is 0 Å². The van der Waals surface area contributed by atoms with E-state index in [-0.39, 0.29) is 0 Å². The maximum absolute atomic E-state index is 3.75. The van der Waals surface area contributed by atoms with Crippen LogP contribution in [0, 0.1) is 16.7 Å². The summed E-state index contributed by atoms with van der Waals surface area (Å²) in [6, 6.07) is 0. The molecule has 2 saturated heterocycles. The Kier molecular flexibility index (Phi) is 3.27. The van der Waals surface area contributed by atoms with Crippen molar-refractivity contribution in [2.45, 2.75) is 66.8 Å². The summed E-state index contributed by atoms with van der Waals surface area (Å²) in [6.07, 6.45) is 2.81. The Labute approximate surface area is 96.0 Å². The number of fused-ring (bicyclic) bond motifs is 1. The number of rotatable bonds is 1. The van der Waals surface area contributed by atoms with Crippen LogP contribution in [0.2, 0.25) is 0 Å². The first-order valence-electron chi connectivity index (χ1n) is 6.56. The van der Waals surface area contributed by atoms with E-state index in [1.54, 1.807) is 0 Å². The van der Waals surface area contributed by atoms with Gasteiger partial charge < -0.3 is 5.32 Å². The van der Waals surface area contributed by atoms with Gasteiger partial charge in [0.1, 0.15) is 0 Å². The predicted molar refractivity (Wildman–Crippen MR) is 68.0 cm³/mol. The molecule has 1 N–H and O–H groups in total. The fourth-order valence-electron chi connectivity index (χ4n) is 3.16. The van der Waals surface area contributed by atoms with Crippen molar-refractivity contribution in [3.05, 3.63) is 0 Å². The lowest BCUT2D eigenvalue weighted by Crippen LogP contribution is -2.55. The topological polar surface area (TPSA) is 12.0 Å². The van der Waals surface area contributed by atoms with Gasteiger partial charge in [-0.1, -0.05) is 48.5 Å². The highest BCUT2D eigenvalue weighted by atomic mass is 15.1. The molecule has 2 aliphatic heterocycles. The van der Waals surface area contributed by atoms with Crippen molar-refractivity contribution in [3.8, 4) is 0 Å². The van der Waals surface area contributed by atoms with Gasteiger partial charge in [0.05, 0.1) is 0 Å². The van der Waals surface area contributed by atoms with Crippen molar-refractivity contribution in [2.75, 3.05) is 6.54 Å². The minimum Gasteiger partial charge on any atom is -0.310 e. The molecule has 3 fully saturated rings. The molecule has 0 atom stereocenters. The predicted octanol–water partition coefficient (Wildman–Crippen LogP) is 3.84. The molecule has 1 heteroatoms. The molecular weight excluding hydrogens is 182 g/mol. The molecule has 1 nitrogen and oxygen atoms in total. The molecule has 90 valence electrons. The second-order valence-corrected chi connectivity index (χ2v) is 6.55. The number of nitrogens with one attached hydrogen (secondary N) is 1. The molecule has 0 aromatic heterocycles. The molecule has 0 spiro atoms. The highest BCUT2D eigenvalue weighted by Gasteiger charge is 2.65. The van der Waals surface area contributed by atoms with Crippen LogP contribution in [0.3, 0.4) is 0 Å².